The number of carbonyl (C=O) groups excluding carboxylic acids is 1. The standard InChI is InChI=1S/C29H33Cl2N5O4S/c1-4-5-15-40-28(37)20-36(41(38,39)25-18-22(30)17-23(31)19-25)24-8-9-27-21(16-24)10-13-35(27)29-26(7-6-11-33-29)32-12-14-34(2)3/h6-11,13,16-19,32H,4-5,12,14-15,20H2,1-3H3. The summed E-state index contributed by atoms with van der Waals surface area (Å²) < 4.78 is 35.9. The van der Waals surface area contributed by atoms with E-state index in [1.54, 1.807) is 24.4 Å². The van der Waals surface area contributed by atoms with Crippen LogP contribution < -0.4 is 9.62 Å². The predicted molar refractivity (Wildman–Crippen MR) is 165 cm³/mol. The maximum Gasteiger partial charge on any atom is 0.326 e. The molecule has 1 N–H and O–H groups in total. The first kappa shape index (κ1) is 30.6. The Balaban J connectivity index is 1.73. The van der Waals surface area contributed by atoms with E-state index in [4.69, 9.17) is 27.9 Å². The van der Waals surface area contributed by atoms with Gasteiger partial charge in [0.05, 0.1) is 28.4 Å². The number of carbonyl (C=O) groups is 1. The van der Waals surface area contributed by atoms with E-state index in [1.165, 1.54) is 18.2 Å². The number of fused-ring (bicyclic) bond motifs is 1. The molecule has 0 atom stereocenters. The van der Waals surface area contributed by atoms with E-state index in [0.717, 1.165) is 40.4 Å². The molecule has 0 aliphatic rings. The van der Waals surface area contributed by atoms with Crippen LogP contribution in [0.1, 0.15) is 19.8 Å². The Labute approximate surface area is 250 Å². The van der Waals surface area contributed by atoms with E-state index >= 15 is 0 Å². The van der Waals surface area contributed by atoms with Gasteiger partial charge in [-0.15, -0.1) is 0 Å². The number of anilines is 2. The highest BCUT2D eigenvalue weighted by Gasteiger charge is 2.29. The number of benzene rings is 2. The average Bonchev–Trinajstić information content (AvgIpc) is 3.34. The summed E-state index contributed by atoms with van der Waals surface area (Å²) in [6.07, 6.45) is 5.12. The van der Waals surface area contributed by atoms with Gasteiger partial charge in [-0.2, -0.15) is 0 Å². The molecular weight excluding hydrogens is 585 g/mol. The summed E-state index contributed by atoms with van der Waals surface area (Å²) in [4.78, 5) is 19.3. The van der Waals surface area contributed by atoms with Crippen molar-refractivity contribution >= 4 is 61.5 Å². The van der Waals surface area contributed by atoms with E-state index in [-0.39, 0.29) is 21.5 Å². The lowest BCUT2D eigenvalue weighted by Crippen LogP contribution is -2.36. The first-order chi connectivity index (χ1) is 19.6. The second kappa shape index (κ2) is 13.6. The van der Waals surface area contributed by atoms with Gasteiger partial charge in [-0.25, -0.2) is 13.4 Å². The molecule has 41 heavy (non-hydrogen) atoms. The molecule has 0 bridgehead atoms. The van der Waals surface area contributed by atoms with Crippen LogP contribution in [-0.4, -0.2) is 69.2 Å². The van der Waals surface area contributed by atoms with Crippen LogP contribution in [-0.2, 0) is 19.6 Å². The van der Waals surface area contributed by atoms with E-state index in [1.807, 2.05) is 50.0 Å². The van der Waals surface area contributed by atoms with Crippen molar-refractivity contribution in [3.05, 3.63) is 77.0 Å². The normalized spacial score (nSPS) is 11.7. The van der Waals surface area contributed by atoms with Crippen molar-refractivity contribution in [1.82, 2.24) is 14.5 Å². The van der Waals surface area contributed by atoms with Crippen molar-refractivity contribution in [2.45, 2.75) is 24.7 Å². The van der Waals surface area contributed by atoms with E-state index < -0.39 is 22.5 Å². The van der Waals surface area contributed by atoms with Crippen LogP contribution in [0, 0.1) is 0 Å². The summed E-state index contributed by atoms with van der Waals surface area (Å²) in [5, 5.41) is 4.52. The molecule has 0 unspecified atom stereocenters. The molecule has 0 saturated carbocycles. The molecule has 0 aliphatic heterocycles. The topological polar surface area (TPSA) is 96.8 Å². The van der Waals surface area contributed by atoms with Gasteiger partial charge in [-0.3, -0.25) is 13.7 Å². The van der Waals surface area contributed by atoms with Gasteiger partial charge in [0.1, 0.15) is 6.54 Å². The van der Waals surface area contributed by atoms with Gasteiger partial charge in [0.25, 0.3) is 10.0 Å². The van der Waals surface area contributed by atoms with Gasteiger partial charge in [-0.1, -0.05) is 36.5 Å². The summed E-state index contributed by atoms with van der Waals surface area (Å²) >= 11 is 12.2. The minimum Gasteiger partial charge on any atom is -0.464 e. The number of hydrogen-bond donors (Lipinski definition) is 1. The maximum atomic E-state index is 13.8. The molecule has 2 aromatic carbocycles. The van der Waals surface area contributed by atoms with Crippen LogP contribution >= 0.6 is 23.2 Å². The molecule has 0 saturated heterocycles. The predicted octanol–water partition coefficient (Wildman–Crippen LogP) is 5.84. The summed E-state index contributed by atoms with van der Waals surface area (Å²) in [7, 11) is -0.208. The third-order valence-corrected chi connectivity index (χ3v) is 8.50. The Hall–Kier alpha value is -3.31. The minimum atomic E-state index is -4.23. The monoisotopic (exact) mass is 617 g/mol. The second-order valence-electron chi connectivity index (χ2n) is 9.72. The van der Waals surface area contributed by atoms with Crippen molar-refractivity contribution in [3.8, 4) is 5.82 Å². The molecule has 4 aromatic rings. The third kappa shape index (κ3) is 7.51. The zero-order chi connectivity index (χ0) is 29.6. The summed E-state index contributed by atoms with van der Waals surface area (Å²) in [5.74, 6) is 0.0568. The fraction of sp³-hybridized carbons (Fsp3) is 0.310. The number of halogens is 2. The zero-order valence-electron chi connectivity index (χ0n) is 23.2. The highest BCUT2D eigenvalue weighted by Crippen LogP contribution is 2.32. The van der Waals surface area contributed by atoms with Gasteiger partial charge in [-0.05, 0) is 75.1 Å². The second-order valence-corrected chi connectivity index (χ2v) is 12.5. The molecular formula is C29H33Cl2N5O4S. The molecule has 0 aliphatic carbocycles. The average molecular weight is 619 g/mol. The Kier molecular flexibility index (Phi) is 10.1. The summed E-state index contributed by atoms with van der Waals surface area (Å²) in [5.41, 5.74) is 1.98. The molecule has 0 radical (unpaired) electrons. The first-order valence-electron chi connectivity index (χ1n) is 13.2. The number of hydrogen-bond acceptors (Lipinski definition) is 7. The molecule has 12 heteroatoms. The van der Waals surface area contributed by atoms with Crippen LogP contribution in [0.2, 0.25) is 10.0 Å². The van der Waals surface area contributed by atoms with E-state index in [9.17, 15) is 13.2 Å². The van der Waals surface area contributed by atoms with Gasteiger partial charge >= 0.3 is 5.97 Å². The van der Waals surface area contributed by atoms with Crippen LogP contribution in [0.3, 0.4) is 0 Å². The van der Waals surface area contributed by atoms with Crippen molar-refractivity contribution in [3.63, 3.8) is 0 Å². The Morgan fingerprint density at radius 2 is 1.83 bits per heavy atom. The number of nitrogens with zero attached hydrogens (tertiary/aromatic N) is 4. The molecule has 2 heterocycles. The largest absolute Gasteiger partial charge is 0.464 e. The van der Waals surface area contributed by atoms with Crippen molar-refractivity contribution in [2.24, 2.45) is 0 Å². The van der Waals surface area contributed by atoms with Crippen LogP contribution in [0.4, 0.5) is 11.4 Å². The lowest BCUT2D eigenvalue weighted by Gasteiger charge is -2.24. The number of esters is 1. The van der Waals surface area contributed by atoms with Crippen LogP contribution in [0.15, 0.2) is 71.9 Å². The molecule has 4 rings (SSSR count). The minimum absolute atomic E-state index is 0.129. The number of rotatable bonds is 13. The summed E-state index contributed by atoms with van der Waals surface area (Å²) in [6, 6.07) is 14.9. The summed E-state index contributed by atoms with van der Waals surface area (Å²) in [6.45, 7) is 3.27. The zero-order valence-corrected chi connectivity index (χ0v) is 25.5. The van der Waals surface area contributed by atoms with Crippen LogP contribution in [0.5, 0.6) is 0 Å². The Bertz CT molecular complexity index is 1600. The fourth-order valence-corrected chi connectivity index (χ4v) is 6.35. The van der Waals surface area contributed by atoms with Gasteiger partial charge in [0, 0.05) is 40.9 Å². The molecule has 2 aromatic heterocycles. The molecule has 9 nitrogen and oxygen atoms in total. The van der Waals surface area contributed by atoms with E-state index in [0.29, 0.717) is 17.9 Å². The number of unbranched alkanes of at least 4 members (excludes halogenated alkanes) is 1. The van der Waals surface area contributed by atoms with Crippen LogP contribution in [0.25, 0.3) is 16.7 Å². The lowest BCUT2D eigenvalue weighted by molar-refractivity contribution is -0.141. The highest BCUT2D eigenvalue weighted by molar-refractivity contribution is 7.92. The smallest absolute Gasteiger partial charge is 0.326 e. The van der Waals surface area contributed by atoms with E-state index in [2.05, 4.69) is 15.2 Å². The first-order valence-corrected chi connectivity index (χ1v) is 15.4. The third-order valence-electron chi connectivity index (χ3n) is 6.31. The lowest BCUT2D eigenvalue weighted by atomic mass is 10.2. The van der Waals surface area contributed by atoms with Crippen molar-refractivity contribution in [2.75, 3.05) is 50.0 Å². The number of pyridine rings is 1. The number of nitrogens with one attached hydrogen (secondary N) is 1. The molecule has 0 amide bonds. The Morgan fingerprint density at radius 1 is 1.07 bits per heavy atom. The maximum absolute atomic E-state index is 13.8. The van der Waals surface area contributed by atoms with Crippen molar-refractivity contribution < 1.29 is 17.9 Å². The van der Waals surface area contributed by atoms with Gasteiger partial charge < -0.3 is 15.0 Å². The number of likely N-dealkylation sites (N-methyl/N-ethyl adjacent to an activating group) is 1. The number of aromatic nitrogens is 2. The highest BCUT2D eigenvalue weighted by atomic mass is 35.5. The number of ether oxygens (including phenoxy) is 1. The molecule has 0 fully saturated rings. The molecule has 0 spiro atoms. The van der Waals surface area contributed by atoms with Crippen molar-refractivity contribution in [1.29, 1.82) is 0 Å². The van der Waals surface area contributed by atoms with Gasteiger partial charge in [0.2, 0.25) is 0 Å². The SMILES string of the molecule is CCCCOC(=O)CN(c1ccc2c(ccn2-c2ncccc2NCCN(C)C)c1)S(=O)(=O)c1cc(Cl)cc(Cl)c1. The quantitative estimate of drug-likeness (QED) is 0.149. The fourth-order valence-electron chi connectivity index (χ4n) is 4.22. The van der Waals surface area contributed by atoms with Gasteiger partial charge in [0.15, 0.2) is 5.82 Å². The Morgan fingerprint density at radius 3 is 2.54 bits per heavy atom. The number of sulfonamides is 1. The molecule has 218 valence electrons.